The highest BCUT2D eigenvalue weighted by molar-refractivity contribution is 7.89. The van der Waals surface area contributed by atoms with Gasteiger partial charge in [-0.3, -0.25) is 0 Å². The van der Waals surface area contributed by atoms with E-state index in [4.69, 9.17) is 14.2 Å². The topological polar surface area (TPSA) is 65.1 Å². The summed E-state index contributed by atoms with van der Waals surface area (Å²) in [6.07, 6.45) is 3.42. The largest absolute Gasteiger partial charge is 0.486 e. The summed E-state index contributed by atoms with van der Waals surface area (Å²) in [5.41, 5.74) is 0. The highest BCUT2D eigenvalue weighted by Gasteiger charge is 2.43. The van der Waals surface area contributed by atoms with Crippen molar-refractivity contribution in [2.75, 3.05) is 26.4 Å². The van der Waals surface area contributed by atoms with E-state index in [9.17, 15) is 8.42 Å². The molecule has 0 aromatic heterocycles. The molecule has 6 nitrogen and oxygen atoms in total. The first-order valence-electron chi connectivity index (χ1n) is 8.17. The number of fused-ring (bicyclic) bond motifs is 1. The van der Waals surface area contributed by atoms with Crippen LogP contribution in [0.1, 0.15) is 25.7 Å². The molecule has 0 atom stereocenters. The summed E-state index contributed by atoms with van der Waals surface area (Å²) in [4.78, 5) is 0.292. The third-order valence-electron chi connectivity index (χ3n) is 4.55. The van der Waals surface area contributed by atoms with Crippen LogP contribution in [-0.2, 0) is 14.8 Å². The van der Waals surface area contributed by atoms with E-state index in [2.05, 4.69) is 0 Å². The Morgan fingerprint density at radius 3 is 2.22 bits per heavy atom. The highest BCUT2D eigenvalue weighted by atomic mass is 32.2. The first-order chi connectivity index (χ1) is 11.2. The van der Waals surface area contributed by atoms with Gasteiger partial charge in [0.1, 0.15) is 13.2 Å². The third-order valence-corrected chi connectivity index (χ3v) is 6.55. The standard InChI is InChI=1S/C16H21NO5S/c18-23(19,14-3-4-15-16(11-14)22-10-9-21-15)17(12-1-2-12)13-5-7-20-8-6-13/h3-4,11-13H,1-2,5-10H2. The fourth-order valence-electron chi connectivity index (χ4n) is 3.27. The van der Waals surface area contributed by atoms with E-state index in [-0.39, 0.29) is 12.1 Å². The Balaban J connectivity index is 1.67. The van der Waals surface area contributed by atoms with E-state index >= 15 is 0 Å². The van der Waals surface area contributed by atoms with Crippen molar-refractivity contribution in [1.29, 1.82) is 0 Å². The second-order valence-corrected chi connectivity index (χ2v) is 8.06. The molecule has 0 amide bonds. The number of ether oxygens (including phenoxy) is 3. The maximum Gasteiger partial charge on any atom is 0.243 e. The molecule has 4 rings (SSSR count). The van der Waals surface area contributed by atoms with Gasteiger partial charge in [0.15, 0.2) is 11.5 Å². The van der Waals surface area contributed by atoms with Crippen LogP contribution in [-0.4, -0.2) is 51.2 Å². The van der Waals surface area contributed by atoms with E-state index in [1.54, 1.807) is 22.5 Å². The molecule has 1 saturated heterocycles. The molecule has 2 fully saturated rings. The fraction of sp³-hybridized carbons (Fsp3) is 0.625. The monoisotopic (exact) mass is 339 g/mol. The lowest BCUT2D eigenvalue weighted by molar-refractivity contribution is 0.0569. The number of nitrogens with zero attached hydrogens (tertiary/aromatic N) is 1. The zero-order valence-electron chi connectivity index (χ0n) is 12.9. The minimum absolute atomic E-state index is 0.0365. The van der Waals surface area contributed by atoms with Crippen molar-refractivity contribution in [3.63, 3.8) is 0 Å². The van der Waals surface area contributed by atoms with Crippen LogP contribution in [0.2, 0.25) is 0 Å². The fourth-order valence-corrected chi connectivity index (χ4v) is 5.21. The van der Waals surface area contributed by atoms with Crippen LogP contribution in [0.3, 0.4) is 0 Å². The SMILES string of the molecule is O=S(=O)(c1ccc2c(c1)OCCO2)N(C1CCOCC1)C1CC1. The van der Waals surface area contributed by atoms with Gasteiger partial charge in [-0.25, -0.2) is 8.42 Å². The molecule has 0 radical (unpaired) electrons. The molecule has 126 valence electrons. The zero-order chi connectivity index (χ0) is 15.9. The van der Waals surface area contributed by atoms with Gasteiger partial charge in [0.05, 0.1) is 4.90 Å². The molecule has 0 unspecified atom stereocenters. The predicted octanol–water partition coefficient (Wildman–Crippen LogP) is 1.79. The van der Waals surface area contributed by atoms with Crippen LogP contribution in [0.5, 0.6) is 11.5 Å². The summed E-state index contributed by atoms with van der Waals surface area (Å²) < 4.78 is 44.5. The van der Waals surface area contributed by atoms with Crippen molar-refractivity contribution in [3.05, 3.63) is 18.2 Å². The Hall–Kier alpha value is -1.31. The summed E-state index contributed by atoms with van der Waals surface area (Å²) >= 11 is 0. The van der Waals surface area contributed by atoms with Gasteiger partial charge < -0.3 is 14.2 Å². The van der Waals surface area contributed by atoms with Crippen molar-refractivity contribution in [2.45, 2.75) is 42.7 Å². The van der Waals surface area contributed by atoms with E-state index in [1.165, 1.54) is 0 Å². The number of hydrogen-bond acceptors (Lipinski definition) is 5. The van der Waals surface area contributed by atoms with Crippen molar-refractivity contribution >= 4 is 10.0 Å². The number of benzene rings is 1. The van der Waals surface area contributed by atoms with Gasteiger partial charge in [0.25, 0.3) is 0 Å². The van der Waals surface area contributed by atoms with Crippen LogP contribution in [0.25, 0.3) is 0 Å². The van der Waals surface area contributed by atoms with Crippen molar-refractivity contribution in [1.82, 2.24) is 4.31 Å². The van der Waals surface area contributed by atoms with E-state index in [0.717, 1.165) is 25.7 Å². The molecule has 0 N–H and O–H groups in total. The number of rotatable bonds is 4. The maximum absolute atomic E-state index is 13.2. The molecule has 0 bridgehead atoms. The Labute approximate surface area is 136 Å². The lowest BCUT2D eigenvalue weighted by Gasteiger charge is -2.33. The summed E-state index contributed by atoms with van der Waals surface area (Å²) in [7, 11) is -3.53. The lowest BCUT2D eigenvalue weighted by Crippen LogP contribution is -2.44. The van der Waals surface area contributed by atoms with Gasteiger partial charge in [0.2, 0.25) is 10.0 Å². The quantitative estimate of drug-likeness (QED) is 0.837. The first kappa shape index (κ1) is 15.2. The average Bonchev–Trinajstić information content (AvgIpc) is 3.40. The summed E-state index contributed by atoms with van der Waals surface area (Å²) in [5, 5.41) is 0. The van der Waals surface area contributed by atoms with E-state index in [0.29, 0.717) is 42.8 Å². The Kier molecular flexibility index (Phi) is 3.95. The summed E-state index contributed by atoms with van der Waals surface area (Å²) in [6, 6.07) is 5.08. The molecule has 7 heteroatoms. The van der Waals surface area contributed by atoms with Gasteiger partial charge in [-0.1, -0.05) is 0 Å². The molecule has 1 aliphatic carbocycles. The second kappa shape index (κ2) is 5.96. The number of sulfonamides is 1. The van der Waals surface area contributed by atoms with E-state index < -0.39 is 10.0 Å². The molecule has 2 heterocycles. The van der Waals surface area contributed by atoms with Crippen LogP contribution in [0.4, 0.5) is 0 Å². The van der Waals surface area contributed by atoms with Crippen molar-refractivity contribution in [3.8, 4) is 11.5 Å². The Morgan fingerprint density at radius 1 is 0.870 bits per heavy atom. The molecule has 23 heavy (non-hydrogen) atoms. The zero-order valence-corrected chi connectivity index (χ0v) is 13.8. The normalized spacial score (nSPS) is 22.3. The maximum atomic E-state index is 13.2. The minimum Gasteiger partial charge on any atom is -0.486 e. The first-order valence-corrected chi connectivity index (χ1v) is 9.61. The van der Waals surface area contributed by atoms with Gasteiger partial charge in [0, 0.05) is 31.4 Å². The van der Waals surface area contributed by atoms with Crippen LogP contribution < -0.4 is 9.47 Å². The van der Waals surface area contributed by atoms with Crippen LogP contribution in [0, 0.1) is 0 Å². The molecule has 0 spiro atoms. The smallest absolute Gasteiger partial charge is 0.243 e. The molecule has 1 aromatic rings. The summed E-state index contributed by atoms with van der Waals surface area (Å²) in [6.45, 7) is 2.20. The van der Waals surface area contributed by atoms with Crippen LogP contribution in [0.15, 0.2) is 23.1 Å². The van der Waals surface area contributed by atoms with Crippen LogP contribution >= 0.6 is 0 Å². The van der Waals surface area contributed by atoms with Crippen molar-refractivity contribution in [2.24, 2.45) is 0 Å². The minimum atomic E-state index is -3.53. The van der Waals surface area contributed by atoms with Gasteiger partial charge >= 0.3 is 0 Å². The predicted molar refractivity (Wildman–Crippen MR) is 83.3 cm³/mol. The molecular formula is C16H21NO5S. The summed E-state index contributed by atoms with van der Waals surface area (Å²) in [5.74, 6) is 1.12. The lowest BCUT2D eigenvalue weighted by atomic mass is 10.1. The number of hydrogen-bond donors (Lipinski definition) is 0. The molecule has 1 saturated carbocycles. The Bertz CT molecular complexity index is 680. The molecule has 3 aliphatic rings. The van der Waals surface area contributed by atoms with Gasteiger partial charge in [-0.2, -0.15) is 4.31 Å². The highest BCUT2D eigenvalue weighted by Crippen LogP contribution is 2.39. The van der Waals surface area contributed by atoms with Crippen molar-refractivity contribution < 1.29 is 22.6 Å². The molecular weight excluding hydrogens is 318 g/mol. The van der Waals surface area contributed by atoms with Gasteiger partial charge in [-0.05, 0) is 37.8 Å². The average molecular weight is 339 g/mol. The third kappa shape index (κ3) is 2.93. The van der Waals surface area contributed by atoms with Gasteiger partial charge in [-0.15, -0.1) is 0 Å². The second-order valence-electron chi connectivity index (χ2n) is 6.22. The van der Waals surface area contributed by atoms with E-state index in [1.807, 2.05) is 0 Å². The molecule has 1 aromatic carbocycles. The Morgan fingerprint density at radius 2 is 1.52 bits per heavy atom. The molecule has 2 aliphatic heterocycles.